The number of ether oxygens (including phenoxy) is 1. The van der Waals surface area contributed by atoms with Crippen molar-refractivity contribution in [3.05, 3.63) is 29.5 Å². The number of rotatable bonds is 2. The molecule has 0 unspecified atom stereocenters. The summed E-state index contributed by atoms with van der Waals surface area (Å²) in [6.07, 6.45) is 0. The van der Waals surface area contributed by atoms with E-state index >= 15 is 0 Å². The number of hydrogen-bond acceptors (Lipinski definition) is 4. The molecule has 0 aliphatic carbocycles. The number of hydrogen-bond donors (Lipinski definition) is 1. The molecule has 78 valence electrons. The molecule has 2 N–H and O–H groups in total. The Balaban J connectivity index is 2.60. The average molecular weight is 224 g/mol. The summed E-state index contributed by atoms with van der Waals surface area (Å²) in [6.45, 7) is 0. The zero-order chi connectivity index (χ0) is 10.8. The van der Waals surface area contributed by atoms with Crippen LogP contribution in [0.3, 0.4) is 0 Å². The lowest BCUT2D eigenvalue weighted by atomic mass is 10.1. The van der Waals surface area contributed by atoms with Gasteiger partial charge in [0.25, 0.3) is 0 Å². The van der Waals surface area contributed by atoms with Crippen LogP contribution in [0.5, 0.6) is 5.75 Å². The van der Waals surface area contributed by atoms with Crippen molar-refractivity contribution < 1.29 is 9.13 Å². The molecule has 0 saturated heterocycles. The van der Waals surface area contributed by atoms with Crippen molar-refractivity contribution in [1.29, 1.82) is 0 Å². The Morgan fingerprint density at radius 2 is 2.27 bits per heavy atom. The van der Waals surface area contributed by atoms with Crippen LogP contribution < -0.4 is 10.5 Å². The second kappa shape index (κ2) is 3.86. The second-order valence-corrected chi connectivity index (χ2v) is 3.77. The fourth-order valence-electron chi connectivity index (χ4n) is 1.31. The van der Waals surface area contributed by atoms with Crippen LogP contribution in [-0.4, -0.2) is 12.1 Å². The number of halogens is 1. The molecule has 0 spiro atoms. The molecule has 5 heteroatoms. The molecule has 1 aromatic carbocycles. The minimum Gasteiger partial charge on any atom is -0.496 e. The van der Waals surface area contributed by atoms with Gasteiger partial charge in [0.1, 0.15) is 17.4 Å². The number of aromatic nitrogens is 1. The van der Waals surface area contributed by atoms with Gasteiger partial charge in [0.2, 0.25) is 0 Å². The van der Waals surface area contributed by atoms with Gasteiger partial charge in [-0.2, -0.15) is 0 Å². The third kappa shape index (κ3) is 1.78. The van der Waals surface area contributed by atoms with Crippen molar-refractivity contribution >= 4 is 17.2 Å². The summed E-state index contributed by atoms with van der Waals surface area (Å²) >= 11 is 1.36. The van der Waals surface area contributed by atoms with Crippen LogP contribution in [0.25, 0.3) is 10.4 Å². The van der Waals surface area contributed by atoms with Crippen molar-refractivity contribution in [1.82, 2.24) is 4.98 Å². The molecule has 0 atom stereocenters. The Kier molecular flexibility index (Phi) is 2.55. The van der Waals surface area contributed by atoms with Gasteiger partial charge in [-0.05, 0) is 18.2 Å². The smallest absolute Gasteiger partial charge is 0.142 e. The van der Waals surface area contributed by atoms with Crippen LogP contribution in [0.15, 0.2) is 23.7 Å². The molecule has 3 nitrogen and oxygen atoms in total. The molecule has 0 amide bonds. The quantitative estimate of drug-likeness (QED) is 0.852. The lowest BCUT2D eigenvalue weighted by Crippen LogP contribution is -1.91. The molecular weight excluding hydrogens is 215 g/mol. The third-order valence-corrected chi connectivity index (χ3v) is 2.88. The van der Waals surface area contributed by atoms with Crippen LogP contribution in [0.4, 0.5) is 10.2 Å². The predicted octanol–water partition coefficient (Wildman–Crippen LogP) is 2.54. The zero-order valence-corrected chi connectivity index (χ0v) is 8.84. The number of methoxy groups -OCH3 is 1. The summed E-state index contributed by atoms with van der Waals surface area (Å²) in [4.78, 5) is 4.64. The maximum atomic E-state index is 13.1. The molecule has 0 aliphatic rings. The second-order valence-electron chi connectivity index (χ2n) is 2.91. The largest absolute Gasteiger partial charge is 0.496 e. The van der Waals surface area contributed by atoms with Crippen molar-refractivity contribution in [2.24, 2.45) is 0 Å². The van der Waals surface area contributed by atoms with E-state index < -0.39 is 0 Å². The molecule has 0 aliphatic heterocycles. The average Bonchev–Trinajstić information content (AvgIpc) is 2.64. The van der Waals surface area contributed by atoms with Crippen molar-refractivity contribution in [3.8, 4) is 16.2 Å². The summed E-state index contributed by atoms with van der Waals surface area (Å²) in [5.74, 6) is 0.662. The fourth-order valence-corrected chi connectivity index (χ4v) is 2.05. The molecule has 1 aromatic heterocycles. The normalized spacial score (nSPS) is 10.3. The predicted molar refractivity (Wildman–Crippen MR) is 58.5 cm³/mol. The van der Waals surface area contributed by atoms with E-state index in [0.29, 0.717) is 17.1 Å². The van der Waals surface area contributed by atoms with E-state index in [-0.39, 0.29) is 5.82 Å². The SMILES string of the molecule is COc1ccc(F)cc1-c1scnc1N. The number of thiazole rings is 1. The Morgan fingerprint density at radius 3 is 2.87 bits per heavy atom. The van der Waals surface area contributed by atoms with Crippen molar-refractivity contribution in [2.75, 3.05) is 12.8 Å². The summed E-state index contributed by atoms with van der Waals surface area (Å²) in [5, 5.41) is 0. The number of nitrogens with zero attached hydrogens (tertiary/aromatic N) is 1. The fraction of sp³-hybridized carbons (Fsp3) is 0.100. The number of nitrogen functional groups attached to an aromatic ring is 1. The first kappa shape index (κ1) is 9.92. The molecule has 15 heavy (non-hydrogen) atoms. The van der Waals surface area contributed by atoms with Crippen LogP contribution in [0.2, 0.25) is 0 Å². The molecule has 0 radical (unpaired) electrons. The van der Waals surface area contributed by atoms with E-state index in [0.717, 1.165) is 4.88 Å². The van der Waals surface area contributed by atoms with Gasteiger partial charge in [-0.25, -0.2) is 9.37 Å². The highest BCUT2D eigenvalue weighted by Crippen LogP contribution is 2.36. The van der Waals surface area contributed by atoms with E-state index in [2.05, 4.69) is 4.98 Å². The highest BCUT2D eigenvalue weighted by Gasteiger charge is 2.12. The van der Waals surface area contributed by atoms with E-state index in [1.165, 1.54) is 30.6 Å². The Bertz CT molecular complexity index is 484. The van der Waals surface area contributed by atoms with Crippen LogP contribution in [0, 0.1) is 5.82 Å². The number of nitrogens with two attached hydrogens (primary N) is 1. The first-order valence-electron chi connectivity index (χ1n) is 4.25. The Hall–Kier alpha value is -1.62. The molecule has 0 saturated carbocycles. The summed E-state index contributed by atoms with van der Waals surface area (Å²) in [5.41, 5.74) is 7.92. The first-order chi connectivity index (χ1) is 7.22. The lowest BCUT2D eigenvalue weighted by Gasteiger charge is -2.06. The van der Waals surface area contributed by atoms with Gasteiger partial charge in [0.05, 0.1) is 17.5 Å². The molecule has 2 aromatic rings. The number of anilines is 1. The van der Waals surface area contributed by atoms with E-state index in [1.807, 2.05) is 0 Å². The maximum absolute atomic E-state index is 13.1. The minimum atomic E-state index is -0.321. The highest BCUT2D eigenvalue weighted by molar-refractivity contribution is 7.13. The van der Waals surface area contributed by atoms with E-state index in [4.69, 9.17) is 10.5 Å². The van der Waals surface area contributed by atoms with Crippen LogP contribution >= 0.6 is 11.3 Å². The van der Waals surface area contributed by atoms with Crippen LogP contribution in [-0.2, 0) is 0 Å². The highest BCUT2D eigenvalue weighted by atomic mass is 32.1. The van der Waals surface area contributed by atoms with Gasteiger partial charge >= 0.3 is 0 Å². The Morgan fingerprint density at radius 1 is 1.47 bits per heavy atom. The monoisotopic (exact) mass is 224 g/mol. The lowest BCUT2D eigenvalue weighted by molar-refractivity contribution is 0.415. The molecule has 0 fully saturated rings. The van der Waals surface area contributed by atoms with Gasteiger partial charge < -0.3 is 10.5 Å². The summed E-state index contributed by atoms with van der Waals surface area (Å²) in [7, 11) is 1.54. The van der Waals surface area contributed by atoms with Gasteiger partial charge in [0.15, 0.2) is 0 Å². The van der Waals surface area contributed by atoms with Crippen LogP contribution in [0.1, 0.15) is 0 Å². The molecule has 0 bridgehead atoms. The zero-order valence-electron chi connectivity index (χ0n) is 8.03. The third-order valence-electron chi connectivity index (χ3n) is 2.00. The molecule has 2 rings (SSSR count). The van der Waals surface area contributed by atoms with E-state index in [9.17, 15) is 4.39 Å². The maximum Gasteiger partial charge on any atom is 0.142 e. The van der Waals surface area contributed by atoms with Gasteiger partial charge in [-0.1, -0.05) is 0 Å². The van der Waals surface area contributed by atoms with Crippen molar-refractivity contribution in [2.45, 2.75) is 0 Å². The van der Waals surface area contributed by atoms with Gasteiger partial charge in [0, 0.05) is 5.56 Å². The number of benzene rings is 1. The summed E-state index contributed by atoms with van der Waals surface area (Å²) in [6, 6.07) is 4.31. The van der Waals surface area contributed by atoms with Gasteiger partial charge in [-0.3, -0.25) is 0 Å². The standard InChI is InChI=1S/C10H9FN2OS/c1-14-8-3-2-6(11)4-7(8)9-10(12)13-5-15-9/h2-5H,12H2,1H3. The van der Waals surface area contributed by atoms with Gasteiger partial charge in [-0.15, -0.1) is 11.3 Å². The first-order valence-corrected chi connectivity index (χ1v) is 5.13. The Labute approximate surface area is 90.3 Å². The topological polar surface area (TPSA) is 48.1 Å². The summed E-state index contributed by atoms with van der Waals surface area (Å²) < 4.78 is 18.2. The van der Waals surface area contributed by atoms with Crippen molar-refractivity contribution in [3.63, 3.8) is 0 Å². The minimum absolute atomic E-state index is 0.321. The van der Waals surface area contributed by atoms with E-state index in [1.54, 1.807) is 11.6 Å². The molecular formula is C10H9FN2OS. The molecule has 1 heterocycles.